The number of rotatable bonds is 4. The van der Waals surface area contributed by atoms with Crippen LogP contribution in [0.15, 0.2) is 24.5 Å². The lowest BCUT2D eigenvalue weighted by Gasteiger charge is -2.11. The molecule has 17 heavy (non-hydrogen) atoms. The van der Waals surface area contributed by atoms with Crippen LogP contribution >= 0.6 is 23.2 Å². The second-order valence-corrected chi connectivity index (χ2v) is 4.54. The van der Waals surface area contributed by atoms with Crippen LogP contribution in [0.2, 0.25) is 10.0 Å². The third-order valence-electron chi connectivity index (χ3n) is 2.44. The molecular formula is C11H12Cl2N4. The van der Waals surface area contributed by atoms with E-state index < -0.39 is 0 Å². The van der Waals surface area contributed by atoms with Gasteiger partial charge in [-0.1, -0.05) is 29.3 Å². The summed E-state index contributed by atoms with van der Waals surface area (Å²) in [5.74, 6) is 0.810. The van der Waals surface area contributed by atoms with E-state index in [9.17, 15) is 0 Å². The number of benzene rings is 1. The van der Waals surface area contributed by atoms with Crippen molar-refractivity contribution in [2.75, 3.05) is 0 Å². The highest BCUT2D eigenvalue weighted by atomic mass is 35.5. The fraction of sp³-hybridized carbons (Fsp3) is 0.273. The Bertz CT molecular complexity index is 484. The first kappa shape index (κ1) is 12.4. The van der Waals surface area contributed by atoms with Gasteiger partial charge in [0, 0.05) is 6.54 Å². The summed E-state index contributed by atoms with van der Waals surface area (Å²) in [5.41, 5.74) is 1.07. The van der Waals surface area contributed by atoms with Gasteiger partial charge >= 0.3 is 0 Å². The van der Waals surface area contributed by atoms with Crippen molar-refractivity contribution in [1.82, 2.24) is 20.5 Å². The van der Waals surface area contributed by atoms with Crippen LogP contribution in [-0.4, -0.2) is 15.2 Å². The van der Waals surface area contributed by atoms with Gasteiger partial charge in [-0.15, -0.1) is 0 Å². The smallest absolute Gasteiger partial charge is 0.141 e. The zero-order valence-corrected chi connectivity index (χ0v) is 10.8. The van der Waals surface area contributed by atoms with E-state index in [1.54, 1.807) is 6.07 Å². The minimum absolute atomic E-state index is 0.104. The molecule has 4 nitrogen and oxygen atoms in total. The van der Waals surface area contributed by atoms with Crippen LogP contribution in [0.5, 0.6) is 0 Å². The van der Waals surface area contributed by atoms with Gasteiger partial charge in [0.1, 0.15) is 12.2 Å². The summed E-state index contributed by atoms with van der Waals surface area (Å²) in [4.78, 5) is 4.08. The lowest BCUT2D eigenvalue weighted by Crippen LogP contribution is -2.19. The molecule has 0 aliphatic heterocycles. The van der Waals surface area contributed by atoms with Crippen LogP contribution in [0.25, 0.3) is 0 Å². The number of halogens is 2. The van der Waals surface area contributed by atoms with Crippen molar-refractivity contribution in [2.45, 2.75) is 19.5 Å². The molecule has 1 aromatic carbocycles. The summed E-state index contributed by atoms with van der Waals surface area (Å²) in [6.45, 7) is 2.71. The zero-order chi connectivity index (χ0) is 12.3. The van der Waals surface area contributed by atoms with Crippen LogP contribution in [0.1, 0.15) is 24.4 Å². The minimum Gasteiger partial charge on any atom is -0.303 e. The normalized spacial score (nSPS) is 12.6. The summed E-state index contributed by atoms with van der Waals surface area (Å²) >= 11 is 11.8. The van der Waals surface area contributed by atoms with Crippen LogP contribution in [-0.2, 0) is 6.54 Å². The van der Waals surface area contributed by atoms with E-state index in [1.165, 1.54) is 6.33 Å². The second-order valence-electron chi connectivity index (χ2n) is 3.72. The SMILES string of the molecule is CC(NCc1ccc(Cl)c(Cl)c1)c1ncn[nH]1. The Hall–Kier alpha value is -1.10. The number of hydrogen-bond acceptors (Lipinski definition) is 3. The summed E-state index contributed by atoms with van der Waals surface area (Å²) in [6, 6.07) is 5.69. The van der Waals surface area contributed by atoms with Crippen molar-refractivity contribution in [3.05, 3.63) is 46.0 Å². The van der Waals surface area contributed by atoms with Crippen LogP contribution in [0.4, 0.5) is 0 Å². The Balaban J connectivity index is 1.96. The summed E-state index contributed by atoms with van der Waals surface area (Å²) in [5, 5.41) is 11.1. The van der Waals surface area contributed by atoms with Gasteiger partial charge in [-0.25, -0.2) is 4.98 Å². The highest BCUT2D eigenvalue weighted by Gasteiger charge is 2.07. The van der Waals surface area contributed by atoms with E-state index in [4.69, 9.17) is 23.2 Å². The molecule has 0 aliphatic rings. The van der Waals surface area contributed by atoms with Gasteiger partial charge < -0.3 is 5.32 Å². The molecule has 0 saturated carbocycles. The Morgan fingerprint density at radius 2 is 2.18 bits per heavy atom. The molecule has 1 aromatic heterocycles. The van der Waals surface area contributed by atoms with Crippen LogP contribution in [0.3, 0.4) is 0 Å². The average molecular weight is 271 g/mol. The predicted molar refractivity (Wildman–Crippen MR) is 68.1 cm³/mol. The highest BCUT2D eigenvalue weighted by Crippen LogP contribution is 2.22. The molecule has 2 aromatic rings. The summed E-state index contributed by atoms with van der Waals surface area (Å²) in [7, 11) is 0. The third-order valence-corrected chi connectivity index (χ3v) is 3.18. The first-order valence-corrected chi connectivity index (χ1v) is 5.95. The monoisotopic (exact) mass is 270 g/mol. The molecule has 1 heterocycles. The number of H-pyrrole nitrogens is 1. The van der Waals surface area contributed by atoms with Gasteiger partial charge in [-0.2, -0.15) is 5.10 Å². The van der Waals surface area contributed by atoms with Gasteiger partial charge in [0.2, 0.25) is 0 Å². The number of hydrogen-bond donors (Lipinski definition) is 2. The van der Waals surface area contributed by atoms with Crippen molar-refractivity contribution in [2.24, 2.45) is 0 Å². The fourth-order valence-electron chi connectivity index (χ4n) is 1.44. The van der Waals surface area contributed by atoms with Gasteiger partial charge in [-0.3, -0.25) is 5.10 Å². The number of nitrogens with zero attached hydrogens (tertiary/aromatic N) is 2. The number of aromatic nitrogens is 3. The van der Waals surface area contributed by atoms with E-state index in [1.807, 2.05) is 19.1 Å². The van der Waals surface area contributed by atoms with Crippen molar-refractivity contribution >= 4 is 23.2 Å². The average Bonchev–Trinajstić information content (AvgIpc) is 2.84. The molecule has 0 saturated heterocycles. The molecule has 0 bridgehead atoms. The molecule has 2 rings (SSSR count). The first-order valence-electron chi connectivity index (χ1n) is 5.19. The topological polar surface area (TPSA) is 53.6 Å². The number of nitrogens with one attached hydrogen (secondary N) is 2. The van der Waals surface area contributed by atoms with E-state index in [0.717, 1.165) is 11.4 Å². The van der Waals surface area contributed by atoms with Gasteiger partial charge in [0.15, 0.2) is 0 Å². The van der Waals surface area contributed by atoms with Gasteiger partial charge in [0.25, 0.3) is 0 Å². The quantitative estimate of drug-likeness (QED) is 0.898. The Labute approximate surface area is 109 Å². The predicted octanol–water partition coefficient (Wildman–Crippen LogP) is 2.96. The lowest BCUT2D eigenvalue weighted by atomic mass is 10.2. The second kappa shape index (κ2) is 5.49. The summed E-state index contributed by atoms with van der Waals surface area (Å²) in [6.07, 6.45) is 1.49. The van der Waals surface area contributed by atoms with Gasteiger partial charge in [0.05, 0.1) is 16.1 Å². The molecule has 0 spiro atoms. The highest BCUT2D eigenvalue weighted by molar-refractivity contribution is 6.42. The molecule has 0 amide bonds. The van der Waals surface area contributed by atoms with E-state index in [-0.39, 0.29) is 6.04 Å². The molecular weight excluding hydrogens is 259 g/mol. The maximum Gasteiger partial charge on any atom is 0.141 e. The Morgan fingerprint density at radius 1 is 1.35 bits per heavy atom. The third kappa shape index (κ3) is 3.19. The molecule has 1 atom stereocenters. The summed E-state index contributed by atoms with van der Waals surface area (Å²) < 4.78 is 0. The molecule has 0 aliphatic carbocycles. The fourth-order valence-corrected chi connectivity index (χ4v) is 1.76. The standard InChI is InChI=1S/C11H12Cl2N4/c1-7(11-15-6-16-17-11)14-5-8-2-3-9(12)10(13)4-8/h2-4,6-7,14H,5H2,1H3,(H,15,16,17). The maximum absolute atomic E-state index is 5.94. The zero-order valence-electron chi connectivity index (χ0n) is 9.24. The Kier molecular flexibility index (Phi) is 3.99. The molecule has 0 fully saturated rings. The molecule has 0 radical (unpaired) electrons. The lowest BCUT2D eigenvalue weighted by molar-refractivity contribution is 0.548. The van der Waals surface area contributed by atoms with Crippen molar-refractivity contribution < 1.29 is 0 Å². The number of aromatic amines is 1. The maximum atomic E-state index is 5.94. The Morgan fingerprint density at radius 3 is 2.82 bits per heavy atom. The van der Waals surface area contributed by atoms with Gasteiger partial charge in [-0.05, 0) is 24.6 Å². The van der Waals surface area contributed by atoms with Crippen LogP contribution in [0, 0.1) is 0 Å². The van der Waals surface area contributed by atoms with E-state index in [0.29, 0.717) is 16.6 Å². The first-order chi connectivity index (χ1) is 8.16. The van der Waals surface area contributed by atoms with E-state index in [2.05, 4.69) is 20.5 Å². The molecule has 2 N–H and O–H groups in total. The van der Waals surface area contributed by atoms with Crippen molar-refractivity contribution in [1.29, 1.82) is 0 Å². The van der Waals surface area contributed by atoms with Crippen molar-refractivity contribution in [3.63, 3.8) is 0 Å². The van der Waals surface area contributed by atoms with Crippen LogP contribution < -0.4 is 5.32 Å². The van der Waals surface area contributed by atoms with E-state index >= 15 is 0 Å². The van der Waals surface area contributed by atoms with Crippen molar-refractivity contribution in [3.8, 4) is 0 Å². The molecule has 1 unspecified atom stereocenters. The molecule has 6 heteroatoms. The largest absolute Gasteiger partial charge is 0.303 e. The minimum atomic E-state index is 0.104. The molecule has 90 valence electrons.